The normalized spacial score (nSPS) is 21.4. The van der Waals surface area contributed by atoms with Crippen LogP contribution in [0.1, 0.15) is 43.5 Å². The topological polar surface area (TPSA) is 142 Å². The molecule has 2 N–H and O–H groups in total. The number of hydrogen-bond acceptors (Lipinski definition) is 11. The van der Waals surface area contributed by atoms with E-state index in [1.54, 1.807) is 23.9 Å². The van der Waals surface area contributed by atoms with Gasteiger partial charge in [0.25, 0.3) is 25.2 Å². The Hall–Kier alpha value is -1.73. The van der Waals surface area contributed by atoms with Crippen molar-refractivity contribution < 1.29 is 40.0 Å². The minimum Gasteiger partial charge on any atom is -0.451 e. The molecule has 1 fully saturated rings. The molecule has 1 aromatic heterocycles. The lowest BCUT2D eigenvalue weighted by atomic mass is 9.85. The molecule has 2 unspecified atom stereocenters. The molecule has 0 bridgehead atoms. The van der Waals surface area contributed by atoms with Crippen molar-refractivity contribution in [1.29, 1.82) is 0 Å². The Balaban J connectivity index is 1.37. The van der Waals surface area contributed by atoms with Crippen molar-refractivity contribution >= 4 is 118 Å². The monoisotopic (exact) mass is 877 g/mol. The van der Waals surface area contributed by atoms with E-state index in [0.29, 0.717) is 36.0 Å². The van der Waals surface area contributed by atoms with E-state index in [1.165, 1.54) is 23.1 Å². The number of halogens is 2. The van der Waals surface area contributed by atoms with Crippen LogP contribution in [-0.2, 0) is 36.3 Å². The highest BCUT2D eigenvalue weighted by molar-refractivity contribution is 8.03. The molecule has 1 aliphatic carbocycles. The number of benzene rings is 2. The number of aromatic nitrogens is 1. The second-order valence-corrected chi connectivity index (χ2v) is 21.5. The Kier molecular flexibility index (Phi) is 13.9. The summed E-state index contributed by atoms with van der Waals surface area (Å²) < 4.78 is 74.1. The summed E-state index contributed by atoms with van der Waals surface area (Å²) >= 11 is 19.4. The summed E-state index contributed by atoms with van der Waals surface area (Å²) in [5.74, 6) is 1.47. The minimum atomic E-state index is -4.15. The third-order valence-corrected chi connectivity index (χ3v) is 15.4. The van der Waals surface area contributed by atoms with Crippen LogP contribution in [0, 0.1) is 5.92 Å². The first kappa shape index (κ1) is 40.9. The maximum absolute atomic E-state index is 13.9. The van der Waals surface area contributed by atoms with E-state index in [-0.39, 0.29) is 35.8 Å². The van der Waals surface area contributed by atoms with Gasteiger partial charge >= 0.3 is 5.97 Å². The lowest BCUT2D eigenvalue weighted by molar-refractivity contribution is -0.668. The number of fused-ring (bicyclic) bond motifs is 2. The quantitative estimate of drug-likeness (QED) is 0.103. The first-order chi connectivity index (χ1) is 25.2. The van der Waals surface area contributed by atoms with E-state index in [0.717, 1.165) is 72.1 Å². The molecule has 1 saturated heterocycles. The van der Waals surface area contributed by atoms with Gasteiger partial charge in [0.1, 0.15) is 10.1 Å². The van der Waals surface area contributed by atoms with Gasteiger partial charge in [-0.25, -0.2) is 0 Å². The number of rotatable bonds is 12. The first-order valence-electron chi connectivity index (χ1n) is 17.0. The Morgan fingerprint density at radius 3 is 2.51 bits per heavy atom. The van der Waals surface area contributed by atoms with Crippen molar-refractivity contribution in [3.05, 3.63) is 79.8 Å². The smallest absolute Gasteiger partial charge is 0.310 e. The maximum atomic E-state index is 13.9. The van der Waals surface area contributed by atoms with E-state index >= 15 is 0 Å². The molecule has 18 heteroatoms. The van der Waals surface area contributed by atoms with Gasteiger partial charge in [-0.3, -0.25) is 13.9 Å². The highest BCUT2D eigenvalue weighted by atomic mass is 35.5. The maximum Gasteiger partial charge on any atom is 0.310 e. The number of ether oxygens (including phenoxy) is 1. The van der Waals surface area contributed by atoms with E-state index in [9.17, 15) is 30.7 Å². The molecule has 53 heavy (non-hydrogen) atoms. The van der Waals surface area contributed by atoms with Gasteiger partial charge in [-0.15, -0.1) is 11.8 Å². The van der Waals surface area contributed by atoms with Crippen molar-refractivity contribution in [3.63, 3.8) is 0 Å². The van der Waals surface area contributed by atoms with Crippen LogP contribution in [0.25, 0.3) is 16.3 Å². The number of carbonyl (C=O) groups excluding carboxylic acids is 1. The highest BCUT2D eigenvalue weighted by Crippen LogP contribution is 2.48. The average molecular weight is 879 g/mol. The van der Waals surface area contributed by atoms with Gasteiger partial charge in [0.2, 0.25) is 5.52 Å². The Labute approximate surface area is 336 Å². The van der Waals surface area contributed by atoms with Crippen LogP contribution in [0.5, 0.6) is 0 Å². The summed E-state index contributed by atoms with van der Waals surface area (Å²) in [6, 6.07) is 11.1. The fourth-order valence-electron chi connectivity index (χ4n) is 6.38. The fraction of sp³-hybridized carbons (Fsp3) is 0.429. The zero-order chi connectivity index (χ0) is 37.8. The largest absolute Gasteiger partial charge is 0.451 e. The number of allylic oxidation sites excluding steroid dienone is 4. The molecule has 2 aromatic carbocycles. The molecule has 3 aliphatic rings. The number of nitrogens with zero attached hydrogens (tertiary/aromatic N) is 2. The van der Waals surface area contributed by atoms with Crippen molar-refractivity contribution in [3.8, 4) is 0 Å². The van der Waals surface area contributed by atoms with Crippen molar-refractivity contribution in [1.82, 2.24) is 0 Å². The first-order valence-corrected chi connectivity index (χ1v) is 24.8. The van der Waals surface area contributed by atoms with E-state index in [4.69, 9.17) is 27.9 Å². The number of aryl methyl sites for hydroxylation is 1. The van der Waals surface area contributed by atoms with Gasteiger partial charge in [0.15, 0.2) is 6.54 Å². The fourth-order valence-corrected chi connectivity index (χ4v) is 12.3. The Bertz CT molecular complexity index is 2160. The molecular formula is C35H39Cl2N2O8S6+. The van der Waals surface area contributed by atoms with Gasteiger partial charge < -0.3 is 9.64 Å². The van der Waals surface area contributed by atoms with Crippen LogP contribution in [0.2, 0.25) is 10.0 Å². The molecule has 0 spiro atoms. The van der Waals surface area contributed by atoms with Crippen LogP contribution in [-0.4, -0.2) is 72.7 Å². The zero-order valence-electron chi connectivity index (χ0n) is 28.5. The molecule has 10 nitrogen and oxygen atoms in total. The summed E-state index contributed by atoms with van der Waals surface area (Å²) in [5.41, 5.74) is 3.22. The van der Waals surface area contributed by atoms with Crippen LogP contribution < -0.4 is 9.47 Å². The van der Waals surface area contributed by atoms with Crippen molar-refractivity contribution in [2.45, 2.75) is 55.4 Å². The predicted molar refractivity (Wildman–Crippen MR) is 220 cm³/mol. The third-order valence-electron chi connectivity index (χ3n) is 8.72. The lowest BCUT2D eigenvalue weighted by Gasteiger charge is -2.26. The average Bonchev–Trinajstić information content (AvgIpc) is 3.56. The molecular weight excluding hydrogens is 840 g/mol. The van der Waals surface area contributed by atoms with E-state index < -0.39 is 26.2 Å². The molecule has 0 radical (unpaired) electrons. The van der Waals surface area contributed by atoms with Crippen LogP contribution in [0.15, 0.2) is 69.6 Å². The summed E-state index contributed by atoms with van der Waals surface area (Å²) in [7, 11) is -8.30. The van der Waals surface area contributed by atoms with Gasteiger partial charge in [0, 0.05) is 46.5 Å². The molecule has 6 rings (SSSR count). The minimum absolute atomic E-state index is 0.187. The number of carbonyl (C=O) groups is 1. The van der Waals surface area contributed by atoms with Gasteiger partial charge in [-0.05, 0) is 90.5 Å². The number of hydrogen-bond donors (Lipinski definition) is 2. The summed E-state index contributed by atoms with van der Waals surface area (Å²) in [6.45, 7) is 0.635. The molecule has 286 valence electrons. The van der Waals surface area contributed by atoms with Crippen LogP contribution in [0.4, 0.5) is 5.69 Å². The van der Waals surface area contributed by atoms with Gasteiger partial charge in [0.05, 0.1) is 28.1 Å². The summed E-state index contributed by atoms with van der Waals surface area (Å²) in [4.78, 5) is 16.9. The Morgan fingerprint density at radius 1 is 0.962 bits per heavy atom. The molecule has 0 saturated carbocycles. The molecule has 3 aromatic rings. The zero-order valence-corrected chi connectivity index (χ0v) is 34.9. The molecule has 0 amide bonds. The number of thioether (sulfide) groups is 3. The number of esters is 1. The third kappa shape index (κ3) is 11.6. The predicted octanol–water partition coefficient (Wildman–Crippen LogP) is 8.35. The van der Waals surface area contributed by atoms with Crippen molar-refractivity contribution in [2.24, 2.45) is 5.92 Å². The lowest BCUT2D eigenvalue weighted by Crippen LogP contribution is -2.36. The van der Waals surface area contributed by atoms with E-state index in [2.05, 4.69) is 6.08 Å². The summed E-state index contributed by atoms with van der Waals surface area (Å²) in [6.07, 6.45) is 9.18. The van der Waals surface area contributed by atoms with Crippen molar-refractivity contribution in [2.75, 3.05) is 40.2 Å². The number of anilines is 1. The number of thiazole rings is 1. The SMILES string of the molecule is O=C(OC1CCSCCCS1)C1CC(C=C2Sc3ccc(Cl)cc3N2CCCS(=O)(=O)O)=CC(=Cc2sc3ccc(Cl)cc3[n+]2CCCS(=O)(=O)O)C1. The second kappa shape index (κ2) is 18.0. The highest BCUT2D eigenvalue weighted by Gasteiger charge is 2.32. The van der Waals surface area contributed by atoms with Gasteiger partial charge in [-0.2, -0.15) is 33.2 Å². The van der Waals surface area contributed by atoms with Gasteiger partial charge in [-0.1, -0.05) is 52.4 Å². The van der Waals surface area contributed by atoms with E-state index in [1.807, 2.05) is 57.6 Å². The molecule has 2 atom stereocenters. The van der Waals surface area contributed by atoms with Crippen LogP contribution in [0.3, 0.4) is 0 Å². The molecule has 2 aliphatic heterocycles. The second-order valence-electron chi connectivity index (χ2n) is 12.9. The molecule has 3 heterocycles. The standard InChI is InChI=1S/C35H38Cl2N2O8S6/c36-26-4-6-30-28(21-26)38(9-1-14-52(41,42)43)32(50-30)19-23-16-24(18-25(17-23)35(40)47-34-8-13-48-11-3-12-49-34)20-33-39(10-2-15-53(44,45)46)29-22-27(37)5-7-31(29)51-33/h4-7,16,19-22,25,34H,1-3,8-15,17-18H2,(H-,41,42,43,44,45,46)/p+1. The van der Waals surface area contributed by atoms with Crippen LogP contribution >= 0.6 is 69.8 Å². The summed E-state index contributed by atoms with van der Waals surface area (Å²) in [5, 5.41) is 2.74. The Morgan fingerprint density at radius 2 is 1.72 bits per heavy atom.